The van der Waals surface area contributed by atoms with Crippen LogP contribution in [0.1, 0.15) is 37.6 Å². The van der Waals surface area contributed by atoms with Crippen molar-refractivity contribution >= 4 is 21.7 Å². The van der Waals surface area contributed by atoms with Gasteiger partial charge in [-0.3, -0.25) is 9.69 Å². The van der Waals surface area contributed by atoms with Crippen LogP contribution >= 0.6 is 15.9 Å². The Morgan fingerprint density at radius 2 is 1.82 bits per heavy atom. The largest absolute Gasteiger partial charge is 0.294 e. The molecule has 0 aliphatic rings. The van der Waals surface area contributed by atoms with Crippen LogP contribution < -0.4 is 0 Å². The van der Waals surface area contributed by atoms with Gasteiger partial charge in [0.05, 0.1) is 6.04 Å². The van der Waals surface area contributed by atoms with Gasteiger partial charge in [-0.2, -0.15) is 0 Å². The van der Waals surface area contributed by atoms with Gasteiger partial charge in [0.25, 0.3) is 0 Å². The first-order valence-corrected chi connectivity index (χ1v) is 6.78. The summed E-state index contributed by atoms with van der Waals surface area (Å²) in [6.45, 7) is 6.25. The maximum atomic E-state index is 12.3. The number of hydrogen-bond donors (Lipinski definition) is 0. The third-order valence-corrected chi connectivity index (χ3v) is 3.93. The molecule has 0 aliphatic carbocycles. The van der Waals surface area contributed by atoms with E-state index in [1.165, 1.54) is 0 Å². The van der Waals surface area contributed by atoms with E-state index in [4.69, 9.17) is 0 Å². The second-order valence-corrected chi connectivity index (χ2v) is 5.39. The molecule has 0 heterocycles. The highest BCUT2D eigenvalue weighted by Crippen LogP contribution is 2.15. The molecule has 2 nitrogen and oxygen atoms in total. The topological polar surface area (TPSA) is 20.3 Å². The van der Waals surface area contributed by atoms with Crippen LogP contribution in [0.25, 0.3) is 0 Å². The number of halogens is 1. The molecule has 0 saturated carbocycles. The normalized spacial score (nSPS) is 14.7. The standard InChI is InChI=1S/C14H20BrNO/c1-5-10(2)16(4)11(3)14(17)12-6-8-13(15)9-7-12/h6-11H,5H2,1-4H3. The summed E-state index contributed by atoms with van der Waals surface area (Å²) in [6, 6.07) is 7.89. The SMILES string of the molecule is CCC(C)N(C)C(C)C(=O)c1ccc(Br)cc1. The molecule has 0 radical (unpaired) electrons. The Balaban J connectivity index is 2.79. The van der Waals surface area contributed by atoms with Crippen molar-refractivity contribution in [1.29, 1.82) is 0 Å². The molecule has 0 N–H and O–H groups in total. The Kier molecular flexibility index (Phi) is 5.34. The molecule has 17 heavy (non-hydrogen) atoms. The highest BCUT2D eigenvalue weighted by Gasteiger charge is 2.22. The van der Waals surface area contributed by atoms with Crippen LogP contribution in [0, 0.1) is 0 Å². The number of carbonyl (C=O) groups is 1. The van der Waals surface area contributed by atoms with E-state index in [9.17, 15) is 4.79 Å². The lowest BCUT2D eigenvalue weighted by atomic mass is 10.0. The zero-order valence-electron chi connectivity index (χ0n) is 10.9. The van der Waals surface area contributed by atoms with Crippen molar-refractivity contribution in [3.05, 3.63) is 34.3 Å². The molecule has 0 spiro atoms. The summed E-state index contributed by atoms with van der Waals surface area (Å²) in [4.78, 5) is 14.4. The maximum absolute atomic E-state index is 12.3. The molecule has 0 saturated heterocycles. The van der Waals surface area contributed by atoms with Crippen LogP contribution in [-0.2, 0) is 0 Å². The average molecular weight is 298 g/mol. The second-order valence-electron chi connectivity index (χ2n) is 4.47. The predicted octanol–water partition coefficient (Wildman–Crippen LogP) is 3.75. The smallest absolute Gasteiger partial charge is 0.179 e. The third-order valence-electron chi connectivity index (χ3n) is 3.41. The maximum Gasteiger partial charge on any atom is 0.179 e. The van der Waals surface area contributed by atoms with E-state index in [0.29, 0.717) is 6.04 Å². The van der Waals surface area contributed by atoms with E-state index in [0.717, 1.165) is 16.5 Å². The van der Waals surface area contributed by atoms with Crippen LogP contribution in [0.5, 0.6) is 0 Å². The van der Waals surface area contributed by atoms with E-state index >= 15 is 0 Å². The lowest BCUT2D eigenvalue weighted by molar-refractivity contribution is 0.0824. The third kappa shape index (κ3) is 3.65. The number of ketones is 1. The fourth-order valence-corrected chi connectivity index (χ4v) is 1.97. The molecule has 1 aromatic rings. The lowest BCUT2D eigenvalue weighted by Crippen LogP contribution is -2.41. The van der Waals surface area contributed by atoms with E-state index < -0.39 is 0 Å². The minimum atomic E-state index is -0.0777. The van der Waals surface area contributed by atoms with E-state index in [1.807, 2.05) is 38.2 Å². The summed E-state index contributed by atoms with van der Waals surface area (Å²) in [7, 11) is 2.01. The summed E-state index contributed by atoms with van der Waals surface area (Å²) >= 11 is 3.37. The molecule has 0 fully saturated rings. The first-order chi connectivity index (χ1) is 7.97. The van der Waals surface area contributed by atoms with Gasteiger partial charge in [0, 0.05) is 16.1 Å². The first kappa shape index (κ1) is 14.4. The number of Topliss-reactive ketones (excluding diaryl/α,β-unsaturated/α-hetero) is 1. The van der Waals surface area contributed by atoms with Crippen molar-refractivity contribution < 1.29 is 4.79 Å². The number of carbonyl (C=O) groups excluding carboxylic acids is 1. The van der Waals surface area contributed by atoms with Gasteiger partial charge in [0.15, 0.2) is 5.78 Å². The van der Waals surface area contributed by atoms with Crippen LogP contribution in [0.15, 0.2) is 28.7 Å². The van der Waals surface area contributed by atoms with Gasteiger partial charge in [-0.15, -0.1) is 0 Å². The average Bonchev–Trinajstić information content (AvgIpc) is 2.36. The molecule has 0 amide bonds. The number of likely N-dealkylation sites (N-methyl/N-ethyl adjacent to an activating group) is 1. The van der Waals surface area contributed by atoms with Gasteiger partial charge in [0.1, 0.15) is 0 Å². The number of hydrogen-bond acceptors (Lipinski definition) is 2. The molecule has 1 aromatic carbocycles. The minimum absolute atomic E-state index is 0.0777. The lowest BCUT2D eigenvalue weighted by Gasteiger charge is -2.29. The van der Waals surface area contributed by atoms with E-state index in [-0.39, 0.29) is 11.8 Å². The molecule has 1 rings (SSSR count). The van der Waals surface area contributed by atoms with Crippen molar-refractivity contribution in [2.75, 3.05) is 7.05 Å². The number of nitrogens with zero attached hydrogens (tertiary/aromatic N) is 1. The van der Waals surface area contributed by atoms with Crippen molar-refractivity contribution in [3.63, 3.8) is 0 Å². The highest BCUT2D eigenvalue weighted by atomic mass is 79.9. The van der Waals surface area contributed by atoms with Crippen LogP contribution in [0.2, 0.25) is 0 Å². The van der Waals surface area contributed by atoms with Gasteiger partial charge >= 0.3 is 0 Å². The molecular weight excluding hydrogens is 278 g/mol. The Morgan fingerprint density at radius 3 is 2.29 bits per heavy atom. The minimum Gasteiger partial charge on any atom is -0.294 e. The van der Waals surface area contributed by atoms with Gasteiger partial charge in [-0.05, 0) is 39.4 Å². The van der Waals surface area contributed by atoms with Crippen molar-refractivity contribution in [2.24, 2.45) is 0 Å². The molecule has 94 valence electrons. The summed E-state index contributed by atoms with van der Waals surface area (Å²) in [6.07, 6.45) is 1.05. The number of rotatable bonds is 5. The Bertz CT molecular complexity index is 374. The molecule has 3 heteroatoms. The fraction of sp³-hybridized carbons (Fsp3) is 0.500. The fourth-order valence-electron chi connectivity index (χ4n) is 1.71. The summed E-state index contributed by atoms with van der Waals surface area (Å²) in [5, 5.41) is 0. The Morgan fingerprint density at radius 1 is 1.29 bits per heavy atom. The zero-order valence-corrected chi connectivity index (χ0v) is 12.5. The quantitative estimate of drug-likeness (QED) is 0.772. The Hall–Kier alpha value is -0.670. The zero-order chi connectivity index (χ0) is 13.0. The summed E-state index contributed by atoms with van der Waals surface area (Å²) in [5.74, 6) is 0.181. The van der Waals surface area contributed by atoms with Crippen LogP contribution in [0.3, 0.4) is 0 Å². The highest BCUT2D eigenvalue weighted by molar-refractivity contribution is 9.10. The van der Waals surface area contributed by atoms with Gasteiger partial charge < -0.3 is 0 Å². The van der Waals surface area contributed by atoms with Crippen LogP contribution in [-0.4, -0.2) is 29.8 Å². The predicted molar refractivity (Wildman–Crippen MR) is 75.5 cm³/mol. The number of benzene rings is 1. The second kappa shape index (κ2) is 6.31. The van der Waals surface area contributed by atoms with Gasteiger partial charge in [-0.25, -0.2) is 0 Å². The van der Waals surface area contributed by atoms with Crippen LogP contribution in [0.4, 0.5) is 0 Å². The van der Waals surface area contributed by atoms with Crippen molar-refractivity contribution in [2.45, 2.75) is 39.3 Å². The van der Waals surface area contributed by atoms with Gasteiger partial charge in [-0.1, -0.05) is 35.0 Å². The van der Waals surface area contributed by atoms with Crippen molar-refractivity contribution in [1.82, 2.24) is 4.90 Å². The van der Waals surface area contributed by atoms with E-state index in [2.05, 4.69) is 34.7 Å². The van der Waals surface area contributed by atoms with Crippen molar-refractivity contribution in [3.8, 4) is 0 Å². The molecule has 0 aliphatic heterocycles. The molecule has 0 bridgehead atoms. The summed E-state index contributed by atoms with van der Waals surface area (Å²) < 4.78 is 0.997. The molecule has 2 atom stereocenters. The first-order valence-electron chi connectivity index (χ1n) is 5.99. The molecular formula is C14H20BrNO. The summed E-state index contributed by atoms with van der Waals surface area (Å²) in [5.41, 5.74) is 0.774. The molecule has 0 aromatic heterocycles. The Labute approximate surface area is 112 Å². The molecule has 2 unspecified atom stereocenters. The van der Waals surface area contributed by atoms with E-state index in [1.54, 1.807) is 0 Å². The van der Waals surface area contributed by atoms with Gasteiger partial charge in [0.2, 0.25) is 0 Å². The monoisotopic (exact) mass is 297 g/mol.